The van der Waals surface area contributed by atoms with Crippen LogP contribution in [0.4, 0.5) is 0 Å². The number of epoxide rings is 1. The first-order chi connectivity index (χ1) is 5.42. The highest BCUT2D eigenvalue weighted by Crippen LogP contribution is 2.38. The Labute approximate surface area is 70.9 Å². The summed E-state index contributed by atoms with van der Waals surface area (Å²) >= 11 is 5.62. The van der Waals surface area contributed by atoms with Crippen molar-refractivity contribution in [2.45, 2.75) is 12.2 Å². The van der Waals surface area contributed by atoms with Crippen molar-refractivity contribution in [3.05, 3.63) is 35.9 Å². The average molecular weight is 169 g/mol. The van der Waals surface area contributed by atoms with Gasteiger partial charge in [-0.2, -0.15) is 0 Å². The molecule has 0 unspecified atom stereocenters. The summed E-state index contributed by atoms with van der Waals surface area (Å²) in [5.74, 6) is 0.597. The minimum Gasteiger partial charge on any atom is -0.363 e. The van der Waals surface area contributed by atoms with E-state index in [0.717, 1.165) is 0 Å². The van der Waals surface area contributed by atoms with E-state index in [1.54, 1.807) is 0 Å². The zero-order valence-electron chi connectivity index (χ0n) is 6.03. The Bertz CT molecular complexity index is 235. The molecule has 11 heavy (non-hydrogen) atoms. The molecule has 0 radical (unpaired) electrons. The van der Waals surface area contributed by atoms with Gasteiger partial charge in [0.1, 0.15) is 12.2 Å². The van der Waals surface area contributed by atoms with E-state index in [1.165, 1.54) is 5.56 Å². The zero-order chi connectivity index (χ0) is 7.68. The first-order valence-electron chi connectivity index (χ1n) is 3.68. The first kappa shape index (κ1) is 7.14. The molecule has 1 heterocycles. The maximum atomic E-state index is 5.62. The van der Waals surface area contributed by atoms with Crippen LogP contribution in [-0.2, 0) is 4.74 Å². The average Bonchev–Trinajstić information content (AvgIpc) is 2.85. The Morgan fingerprint density at radius 2 is 2.00 bits per heavy atom. The Hall–Kier alpha value is -0.530. The summed E-state index contributed by atoms with van der Waals surface area (Å²) in [4.78, 5) is 0. The third-order valence-corrected chi connectivity index (χ3v) is 2.17. The zero-order valence-corrected chi connectivity index (χ0v) is 6.79. The number of rotatable bonds is 2. The van der Waals surface area contributed by atoms with Crippen molar-refractivity contribution >= 4 is 11.6 Å². The molecule has 2 heteroatoms. The molecule has 0 aromatic heterocycles. The van der Waals surface area contributed by atoms with E-state index in [2.05, 4.69) is 12.1 Å². The molecule has 0 saturated carbocycles. The fourth-order valence-electron chi connectivity index (χ4n) is 1.20. The lowest BCUT2D eigenvalue weighted by Gasteiger charge is -1.91. The maximum Gasteiger partial charge on any atom is 0.110 e. The van der Waals surface area contributed by atoms with Crippen LogP contribution in [0.25, 0.3) is 0 Å². The van der Waals surface area contributed by atoms with Gasteiger partial charge in [-0.05, 0) is 5.56 Å². The smallest absolute Gasteiger partial charge is 0.110 e. The Morgan fingerprint density at radius 1 is 1.27 bits per heavy atom. The molecular weight excluding hydrogens is 160 g/mol. The van der Waals surface area contributed by atoms with Gasteiger partial charge in [0, 0.05) is 0 Å². The molecule has 1 fully saturated rings. The van der Waals surface area contributed by atoms with E-state index in [0.29, 0.717) is 5.88 Å². The monoisotopic (exact) mass is 168 g/mol. The molecule has 0 aliphatic carbocycles. The van der Waals surface area contributed by atoms with E-state index in [9.17, 15) is 0 Å². The normalized spacial score (nSPS) is 28.5. The van der Waals surface area contributed by atoms with Crippen LogP contribution < -0.4 is 0 Å². The van der Waals surface area contributed by atoms with Gasteiger partial charge in [-0.25, -0.2) is 0 Å². The van der Waals surface area contributed by atoms with E-state index >= 15 is 0 Å². The van der Waals surface area contributed by atoms with Gasteiger partial charge in [0.25, 0.3) is 0 Å². The third kappa shape index (κ3) is 1.39. The van der Waals surface area contributed by atoms with Crippen molar-refractivity contribution < 1.29 is 4.74 Å². The second-order valence-corrected chi connectivity index (χ2v) is 2.97. The van der Waals surface area contributed by atoms with Gasteiger partial charge in [0.2, 0.25) is 0 Å². The van der Waals surface area contributed by atoms with Crippen molar-refractivity contribution in [1.82, 2.24) is 0 Å². The second kappa shape index (κ2) is 2.84. The number of alkyl halides is 1. The second-order valence-electron chi connectivity index (χ2n) is 2.66. The van der Waals surface area contributed by atoms with Crippen LogP contribution in [0.5, 0.6) is 0 Å². The van der Waals surface area contributed by atoms with Gasteiger partial charge in [0.15, 0.2) is 0 Å². The van der Waals surface area contributed by atoms with Crippen LogP contribution in [0.2, 0.25) is 0 Å². The summed E-state index contributed by atoms with van der Waals surface area (Å²) < 4.78 is 5.32. The van der Waals surface area contributed by atoms with Crippen LogP contribution in [0.1, 0.15) is 11.7 Å². The molecule has 1 saturated heterocycles. The topological polar surface area (TPSA) is 12.5 Å². The van der Waals surface area contributed by atoms with Crippen molar-refractivity contribution in [3.63, 3.8) is 0 Å². The Kier molecular flexibility index (Phi) is 1.84. The van der Waals surface area contributed by atoms with Gasteiger partial charge in [-0.3, -0.25) is 0 Å². The summed E-state index contributed by atoms with van der Waals surface area (Å²) in [6, 6.07) is 10.2. The van der Waals surface area contributed by atoms with E-state index in [4.69, 9.17) is 16.3 Å². The lowest BCUT2D eigenvalue weighted by molar-refractivity contribution is 0.384. The molecule has 1 aliphatic rings. The van der Waals surface area contributed by atoms with Gasteiger partial charge in [0.05, 0.1) is 5.88 Å². The minimum atomic E-state index is 0.249. The van der Waals surface area contributed by atoms with Gasteiger partial charge >= 0.3 is 0 Å². The summed E-state index contributed by atoms with van der Waals surface area (Å²) in [7, 11) is 0. The maximum absolute atomic E-state index is 5.62. The van der Waals surface area contributed by atoms with E-state index in [-0.39, 0.29) is 12.2 Å². The number of hydrogen-bond donors (Lipinski definition) is 0. The molecule has 1 nitrogen and oxygen atoms in total. The molecule has 1 aromatic carbocycles. The molecule has 0 spiro atoms. The quantitative estimate of drug-likeness (QED) is 0.488. The summed E-state index contributed by atoms with van der Waals surface area (Å²) in [5.41, 5.74) is 1.23. The molecule has 0 bridgehead atoms. The lowest BCUT2D eigenvalue weighted by Crippen LogP contribution is -1.88. The standard InChI is InChI=1S/C9H9ClO/c10-6-8-9(11-8)7-4-2-1-3-5-7/h1-5,8-9H,6H2/t8-,9-/m0/s1. The number of halogens is 1. The van der Waals surface area contributed by atoms with Crippen LogP contribution >= 0.6 is 11.6 Å². The lowest BCUT2D eigenvalue weighted by atomic mass is 10.1. The highest BCUT2D eigenvalue weighted by Gasteiger charge is 2.38. The third-order valence-electron chi connectivity index (χ3n) is 1.86. The van der Waals surface area contributed by atoms with Gasteiger partial charge in [-0.1, -0.05) is 30.3 Å². The van der Waals surface area contributed by atoms with Crippen molar-refractivity contribution in [2.24, 2.45) is 0 Å². The summed E-state index contributed by atoms with van der Waals surface area (Å²) in [6.45, 7) is 0. The molecule has 58 valence electrons. The van der Waals surface area contributed by atoms with Gasteiger partial charge < -0.3 is 4.74 Å². The molecule has 1 aliphatic heterocycles. The minimum absolute atomic E-state index is 0.249. The SMILES string of the molecule is ClC[C@@H]1O[C@H]1c1ccccc1. The van der Waals surface area contributed by atoms with Gasteiger partial charge in [-0.15, -0.1) is 11.6 Å². The predicted molar refractivity (Wildman–Crippen MR) is 44.8 cm³/mol. The summed E-state index contributed by atoms with van der Waals surface area (Å²) in [6.07, 6.45) is 0.507. The number of hydrogen-bond acceptors (Lipinski definition) is 1. The van der Waals surface area contributed by atoms with E-state index < -0.39 is 0 Å². The molecule has 2 rings (SSSR count). The van der Waals surface area contributed by atoms with Crippen molar-refractivity contribution in [1.29, 1.82) is 0 Å². The molecular formula is C9H9ClO. The van der Waals surface area contributed by atoms with Crippen molar-refractivity contribution in [2.75, 3.05) is 5.88 Å². The first-order valence-corrected chi connectivity index (χ1v) is 4.21. The summed E-state index contributed by atoms with van der Waals surface area (Å²) in [5, 5.41) is 0. The fraction of sp³-hybridized carbons (Fsp3) is 0.333. The van der Waals surface area contributed by atoms with Crippen LogP contribution in [0.3, 0.4) is 0 Å². The molecule has 2 atom stereocenters. The molecule has 0 amide bonds. The highest BCUT2D eigenvalue weighted by atomic mass is 35.5. The Balaban J connectivity index is 2.09. The largest absolute Gasteiger partial charge is 0.363 e. The van der Waals surface area contributed by atoms with Crippen LogP contribution in [-0.4, -0.2) is 12.0 Å². The number of benzene rings is 1. The predicted octanol–water partition coefficient (Wildman–Crippen LogP) is 2.37. The molecule has 1 aromatic rings. The Morgan fingerprint density at radius 3 is 2.55 bits per heavy atom. The van der Waals surface area contributed by atoms with Crippen LogP contribution in [0, 0.1) is 0 Å². The number of ether oxygens (including phenoxy) is 1. The van der Waals surface area contributed by atoms with E-state index in [1.807, 2.05) is 18.2 Å². The fourth-order valence-corrected chi connectivity index (χ4v) is 1.43. The van der Waals surface area contributed by atoms with Crippen LogP contribution in [0.15, 0.2) is 30.3 Å². The highest BCUT2D eigenvalue weighted by molar-refractivity contribution is 6.18. The molecule has 0 N–H and O–H groups in total. The van der Waals surface area contributed by atoms with Crippen molar-refractivity contribution in [3.8, 4) is 0 Å².